The molecule has 0 aliphatic carbocycles. The number of imidazole rings is 1. The highest BCUT2D eigenvalue weighted by atomic mass is 32.2. The standard InChI is InChI=1S/C44H46F2N10O5S/c1-25(2)55-26(3)49-40-30(45)20-28(21-33(40)55)39-31(46)23-48-44(52-39)50-35-13-11-27(22-47-35)24-53-15-17-54(18-16-53)37(58)10-5-4-6-19-62-34-9-7-8-29-38(34)43(61)56(42(29)60)32-12-14-36(57)51-41(32)59/h7-9,11,13,20-23,25,32H,4-6,10,12,14-19,24H2,1-3H3,(H,51,57,59)(H,47,48,50,52). The number of unbranched alkanes of at least 4 members (excludes halogenated alkanes) is 2. The van der Waals surface area contributed by atoms with Crippen molar-refractivity contribution in [1.29, 1.82) is 0 Å². The number of aryl methyl sites for hydroxylation is 1. The molecular weight excluding hydrogens is 819 g/mol. The maximum Gasteiger partial charge on any atom is 0.263 e. The van der Waals surface area contributed by atoms with Gasteiger partial charge in [0.15, 0.2) is 11.6 Å². The zero-order valence-corrected chi connectivity index (χ0v) is 35.4. The van der Waals surface area contributed by atoms with Crippen molar-refractivity contribution < 1.29 is 32.8 Å². The summed E-state index contributed by atoms with van der Waals surface area (Å²) in [6.07, 6.45) is 5.81. The minimum absolute atomic E-state index is 0.0248. The zero-order valence-electron chi connectivity index (χ0n) is 34.6. The van der Waals surface area contributed by atoms with Crippen molar-refractivity contribution in [3.8, 4) is 11.3 Å². The van der Waals surface area contributed by atoms with Gasteiger partial charge >= 0.3 is 0 Å². The van der Waals surface area contributed by atoms with Crippen molar-refractivity contribution in [3.05, 3.63) is 89.0 Å². The van der Waals surface area contributed by atoms with E-state index in [9.17, 15) is 24.0 Å². The van der Waals surface area contributed by atoms with Gasteiger partial charge in [0, 0.05) is 68.3 Å². The first-order chi connectivity index (χ1) is 29.9. The van der Waals surface area contributed by atoms with Crippen LogP contribution in [0.25, 0.3) is 22.3 Å². The molecule has 0 bridgehead atoms. The minimum Gasteiger partial charge on any atom is -0.340 e. The summed E-state index contributed by atoms with van der Waals surface area (Å²) in [6, 6.07) is 10.8. The third kappa shape index (κ3) is 8.79. The quantitative estimate of drug-likeness (QED) is 0.0736. The molecule has 62 heavy (non-hydrogen) atoms. The number of imide groups is 2. The molecule has 0 spiro atoms. The fourth-order valence-corrected chi connectivity index (χ4v) is 9.39. The number of hydrogen-bond acceptors (Lipinski definition) is 12. The van der Waals surface area contributed by atoms with Crippen LogP contribution < -0.4 is 10.6 Å². The third-order valence-corrected chi connectivity index (χ3v) is 12.5. The Morgan fingerprint density at radius 3 is 2.48 bits per heavy atom. The van der Waals surface area contributed by atoms with Crippen LogP contribution in [0, 0.1) is 18.6 Å². The van der Waals surface area contributed by atoms with Crippen LogP contribution >= 0.6 is 11.8 Å². The second-order valence-corrected chi connectivity index (χ2v) is 17.1. The van der Waals surface area contributed by atoms with Crippen LogP contribution in [-0.2, 0) is 20.9 Å². The van der Waals surface area contributed by atoms with Crippen LogP contribution in [0.1, 0.15) is 90.5 Å². The molecule has 18 heteroatoms. The molecule has 5 amide bonds. The van der Waals surface area contributed by atoms with Crippen molar-refractivity contribution in [1.82, 2.24) is 44.5 Å². The lowest BCUT2D eigenvalue weighted by Gasteiger charge is -2.34. The van der Waals surface area contributed by atoms with Gasteiger partial charge in [-0.05, 0) is 81.7 Å². The van der Waals surface area contributed by atoms with Crippen LogP contribution in [0.3, 0.4) is 0 Å². The van der Waals surface area contributed by atoms with Gasteiger partial charge in [0.1, 0.15) is 28.9 Å². The smallest absolute Gasteiger partial charge is 0.263 e. The maximum atomic E-state index is 15.1. The lowest BCUT2D eigenvalue weighted by Crippen LogP contribution is -2.54. The summed E-state index contributed by atoms with van der Waals surface area (Å²) < 4.78 is 32.1. The number of nitrogens with one attached hydrogen (secondary N) is 2. The van der Waals surface area contributed by atoms with E-state index in [0.29, 0.717) is 59.4 Å². The molecule has 2 N–H and O–H groups in total. The molecule has 3 aromatic heterocycles. The number of thioether (sulfide) groups is 1. The monoisotopic (exact) mass is 864 g/mol. The van der Waals surface area contributed by atoms with E-state index in [4.69, 9.17) is 0 Å². The van der Waals surface area contributed by atoms with Gasteiger partial charge in [0.25, 0.3) is 11.8 Å². The lowest BCUT2D eigenvalue weighted by molar-refractivity contribution is -0.136. The minimum atomic E-state index is -1.00. The number of halogens is 2. The van der Waals surface area contributed by atoms with E-state index in [1.807, 2.05) is 36.3 Å². The number of carbonyl (C=O) groups is 5. The summed E-state index contributed by atoms with van der Waals surface area (Å²) in [5, 5.41) is 5.24. The summed E-state index contributed by atoms with van der Waals surface area (Å²) in [6.45, 7) is 9.12. The summed E-state index contributed by atoms with van der Waals surface area (Å²) in [7, 11) is 0. The van der Waals surface area contributed by atoms with Crippen LogP contribution in [-0.4, -0.2) is 107 Å². The largest absolute Gasteiger partial charge is 0.340 e. The fourth-order valence-electron chi connectivity index (χ4n) is 8.31. The third-order valence-electron chi connectivity index (χ3n) is 11.4. The van der Waals surface area contributed by atoms with Gasteiger partial charge < -0.3 is 14.8 Å². The predicted octanol–water partition coefficient (Wildman–Crippen LogP) is 6.20. The molecule has 15 nitrogen and oxygen atoms in total. The molecule has 1 atom stereocenters. The highest BCUT2D eigenvalue weighted by Crippen LogP contribution is 2.35. The molecule has 2 fully saturated rings. The van der Waals surface area contributed by atoms with Crippen molar-refractivity contribution in [3.63, 3.8) is 0 Å². The normalized spacial score (nSPS) is 17.0. The molecule has 2 saturated heterocycles. The lowest BCUT2D eigenvalue weighted by atomic mass is 10.0. The molecule has 2 aromatic carbocycles. The SMILES string of the molecule is Cc1nc2c(F)cc(-c3nc(Nc4ccc(CN5CCN(C(=O)CCCCCSc6cccc7c6C(=O)N(C6CCC(=O)NC6=O)C7=O)CC5)cn4)ncc3F)cc2n1C(C)C. The number of aromatic nitrogens is 5. The van der Waals surface area contributed by atoms with Crippen molar-refractivity contribution in [2.24, 2.45) is 0 Å². The number of piperidine rings is 1. The van der Waals surface area contributed by atoms with Gasteiger partial charge in [-0.1, -0.05) is 18.6 Å². The Hall–Kier alpha value is -6.14. The number of piperazine rings is 1. The molecular formula is C44H46F2N10O5S. The summed E-state index contributed by atoms with van der Waals surface area (Å²) in [5.74, 6) is -1.26. The number of anilines is 2. The van der Waals surface area contributed by atoms with Crippen LogP contribution in [0.15, 0.2) is 59.8 Å². The van der Waals surface area contributed by atoms with Gasteiger partial charge in [0.05, 0.1) is 22.8 Å². The average molecular weight is 865 g/mol. The molecule has 0 radical (unpaired) electrons. The number of pyridine rings is 1. The number of fused-ring (bicyclic) bond motifs is 2. The fraction of sp³-hybridized carbons (Fsp3) is 0.386. The van der Waals surface area contributed by atoms with Gasteiger partial charge in [-0.2, -0.15) is 0 Å². The molecule has 0 saturated carbocycles. The molecule has 8 rings (SSSR count). The number of hydrogen-bond donors (Lipinski definition) is 2. The van der Waals surface area contributed by atoms with E-state index in [-0.39, 0.29) is 53.1 Å². The zero-order chi connectivity index (χ0) is 43.7. The van der Waals surface area contributed by atoms with E-state index < -0.39 is 41.3 Å². The summed E-state index contributed by atoms with van der Waals surface area (Å²) in [4.78, 5) is 86.7. The van der Waals surface area contributed by atoms with E-state index in [1.54, 1.807) is 36.5 Å². The van der Waals surface area contributed by atoms with Gasteiger partial charge in [0.2, 0.25) is 23.7 Å². The van der Waals surface area contributed by atoms with E-state index >= 15 is 8.78 Å². The Balaban J connectivity index is 0.764. The van der Waals surface area contributed by atoms with Crippen molar-refractivity contribution in [2.75, 3.05) is 37.2 Å². The first-order valence-electron chi connectivity index (χ1n) is 20.8. The van der Waals surface area contributed by atoms with Gasteiger partial charge in [-0.25, -0.2) is 28.7 Å². The second-order valence-electron chi connectivity index (χ2n) is 16.0. The second kappa shape index (κ2) is 18.1. The van der Waals surface area contributed by atoms with E-state index in [2.05, 4.69) is 35.5 Å². The molecule has 3 aliphatic heterocycles. The molecule has 3 aliphatic rings. The predicted molar refractivity (Wildman–Crippen MR) is 227 cm³/mol. The van der Waals surface area contributed by atoms with Crippen LogP contribution in [0.2, 0.25) is 0 Å². The number of benzene rings is 2. The van der Waals surface area contributed by atoms with Crippen LogP contribution in [0.4, 0.5) is 20.5 Å². The van der Waals surface area contributed by atoms with Gasteiger partial charge in [-0.15, -0.1) is 11.8 Å². The maximum absolute atomic E-state index is 15.1. The number of nitrogens with zero attached hydrogens (tertiary/aromatic N) is 8. The average Bonchev–Trinajstić information content (AvgIpc) is 3.73. The Morgan fingerprint density at radius 1 is 0.935 bits per heavy atom. The van der Waals surface area contributed by atoms with Gasteiger partial charge in [-0.3, -0.25) is 39.1 Å². The highest BCUT2D eigenvalue weighted by molar-refractivity contribution is 7.99. The van der Waals surface area contributed by atoms with Crippen molar-refractivity contribution >= 4 is 64.1 Å². The topological polar surface area (TPSA) is 176 Å². The summed E-state index contributed by atoms with van der Waals surface area (Å²) in [5.41, 5.74) is 2.56. The van der Waals surface area contributed by atoms with Crippen molar-refractivity contribution in [2.45, 2.75) is 82.8 Å². The number of amides is 5. The molecule has 322 valence electrons. The first kappa shape index (κ1) is 42.5. The van der Waals surface area contributed by atoms with E-state index in [0.717, 1.165) is 49.0 Å². The number of carbonyl (C=O) groups excluding carboxylic acids is 5. The van der Waals surface area contributed by atoms with Crippen LogP contribution in [0.5, 0.6) is 0 Å². The highest BCUT2D eigenvalue weighted by Gasteiger charge is 2.45. The Kier molecular flexibility index (Phi) is 12.4. The van der Waals surface area contributed by atoms with E-state index in [1.165, 1.54) is 17.8 Å². The summed E-state index contributed by atoms with van der Waals surface area (Å²) >= 11 is 1.48. The molecule has 6 heterocycles. The number of rotatable bonds is 14. The Bertz CT molecular complexity index is 2580. The first-order valence-corrected chi connectivity index (χ1v) is 21.7. The Morgan fingerprint density at radius 2 is 1.74 bits per heavy atom. The molecule has 1 unspecified atom stereocenters. The Labute approximate surface area is 360 Å². The molecule has 5 aromatic rings.